The van der Waals surface area contributed by atoms with Crippen LogP contribution < -0.4 is 0 Å². The fraction of sp³-hybridized carbons (Fsp3) is 0.571. The molecule has 0 saturated carbocycles. The van der Waals surface area contributed by atoms with E-state index in [1.54, 1.807) is 6.92 Å². The lowest BCUT2D eigenvalue weighted by atomic mass is 9.65. The minimum absolute atomic E-state index is 0.0608. The molecule has 2 unspecified atom stereocenters. The maximum Gasteiger partial charge on any atom is 0.381 e. The number of rotatable bonds is 6. The van der Waals surface area contributed by atoms with Crippen molar-refractivity contribution >= 4 is 17.5 Å². The van der Waals surface area contributed by atoms with Crippen molar-refractivity contribution in [2.24, 2.45) is 11.3 Å². The first kappa shape index (κ1) is 20.7. The first-order valence-corrected chi connectivity index (χ1v) is 8.73. The highest BCUT2D eigenvalue weighted by Crippen LogP contribution is 2.39. The van der Waals surface area contributed by atoms with Gasteiger partial charge < -0.3 is 5.11 Å². The van der Waals surface area contributed by atoms with E-state index in [2.05, 4.69) is 23.7 Å². The molecule has 0 radical (unpaired) electrons. The van der Waals surface area contributed by atoms with Crippen molar-refractivity contribution < 1.29 is 19.5 Å². The van der Waals surface area contributed by atoms with E-state index in [0.717, 1.165) is 25.7 Å². The third kappa shape index (κ3) is 6.24. The maximum atomic E-state index is 12.3. The van der Waals surface area contributed by atoms with Crippen LogP contribution in [-0.2, 0) is 14.4 Å². The lowest BCUT2D eigenvalue weighted by Gasteiger charge is -2.36. The van der Waals surface area contributed by atoms with Crippen LogP contribution in [0.1, 0.15) is 65.7 Å². The normalized spacial score (nSPS) is 22.4. The fourth-order valence-electron chi connectivity index (χ4n) is 2.90. The van der Waals surface area contributed by atoms with E-state index in [4.69, 9.17) is 5.11 Å². The van der Waals surface area contributed by atoms with Crippen LogP contribution in [0.15, 0.2) is 11.6 Å². The Balaban J connectivity index is 2.29. The molecule has 0 bridgehead atoms. The number of ketones is 2. The zero-order valence-corrected chi connectivity index (χ0v) is 15.3. The summed E-state index contributed by atoms with van der Waals surface area (Å²) in [6, 6.07) is 0. The molecular weight excluding hydrogens is 316 g/mol. The van der Waals surface area contributed by atoms with Gasteiger partial charge in [-0.05, 0) is 37.8 Å². The van der Waals surface area contributed by atoms with Crippen LogP contribution in [0.3, 0.4) is 0 Å². The zero-order valence-electron chi connectivity index (χ0n) is 15.3. The molecule has 0 aromatic carbocycles. The Labute approximate surface area is 150 Å². The Bertz CT molecular complexity index is 678. The molecule has 0 aromatic heterocycles. The summed E-state index contributed by atoms with van der Waals surface area (Å²) in [5, 5.41) is 8.36. The number of aliphatic carboxylic acids is 1. The quantitative estimate of drug-likeness (QED) is 0.592. The number of carbonyl (C=O) groups excluding carboxylic acids is 2. The lowest BCUT2D eigenvalue weighted by Crippen LogP contribution is -2.41. The minimum Gasteiger partial charge on any atom is -0.472 e. The summed E-state index contributed by atoms with van der Waals surface area (Å²) in [6.07, 6.45) is 6.75. The maximum absolute atomic E-state index is 12.3. The van der Waals surface area contributed by atoms with Crippen LogP contribution >= 0.6 is 0 Å². The molecule has 4 heteroatoms. The molecule has 2 atom stereocenters. The summed E-state index contributed by atoms with van der Waals surface area (Å²) in [4.78, 5) is 34.6. The van der Waals surface area contributed by atoms with E-state index >= 15 is 0 Å². The standard InChI is InChI=1S/C21H26O4/c1-16-15-18(22)21(3,17(2)20(16)25)14-12-10-8-6-4-5-7-9-11-13-19(23)24/h15,17H,5,7-10,12,14H2,1-3H3,(H,23,24). The highest BCUT2D eigenvalue weighted by Gasteiger charge is 2.43. The van der Waals surface area contributed by atoms with Gasteiger partial charge in [0.25, 0.3) is 0 Å². The predicted octanol–water partition coefficient (Wildman–Crippen LogP) is 3.55. The van der Waals surface area contributed by atoms with Crippen molar-refractivity contribution in [2.75, 3.05) is 0 Å². The van der Waals surface area contributed by atoms with Crippen LogP contribution in [0, 0.1) is 35.0 Å². The second-order valence-electron chi connectivity index (χ2n) is 6.72. The Hall–Kier alpha value is -2.33. The number of carboxylic acid groups (broad SMARTS) is 1. The zero-order chi connectivity index (χ0) is 18.9. The molecule has 0 saturated heterocycles. The highest BCUT2D eigenvalue weighted by atomic mass is 16.4. The first-order chi connectivity index (χ1) is 11.8. The van der Waals surface area contributed by atoms with Crippen LogP contribution in [-0.4, -0.2) is 22.6 Å². The SMILES string of the molecule is CC1=CC(=O)C(C)(CCCCC#CCCCC#CC(=O)O)C(C)C1=O. The Kier molecular flexibility index (Phi) is 8.16. The number of hydrogen-bond donors (Lipinski definition) is 1. The first-order valence-electron chi connectivity index (χ1n) is 8.73. The predicted molar refractivity (Wildman–Crippen MR) is 96.5 cm³/mol. The van der Waals surface area contributed by atoms with E-state index < -0.39 is 11.4 Å². The van der Waals surface area contributed by atoms with Gasteiger partial charge in [0.15, 0.2) is 11.6 Å². The molecule has 25 heavy (non-hydrogen) atoms. The summed E-state index contributed by atoms with van der Waals surface area (Å²) in [5.41, 5.74) is -0.0267. The summed E-state index contributed by atoms with van der Waals surface area (Å²) < 4.78 is 0. The van der Waals surface area contributed by atoms with Gasteiger partial charge in [0, 0.05) is 36.5 Å². The van der Waals surface area contributed by atoms with E-state index in [1.165, 1.54) is 6.08 Å². The van der Waals surface area contributed by atoms with Gasteiger partial charge in [0.2, 0.25) is 0 Å². The van der Waals surface area contributed by atoms with Crippen molar-refractivity contribution in [1.82, 2.24) is 0 Å². The monoisotopic (exact) mass is 342 g/mol. The van der Waals surface area contributed by atoms with Gasteiger partial charge in [-0.3, -0.25) is 9.59 Å². The Morgan fingerprint density at radius 3 is 2.36 bits per heavy atom. The summed E-state index contributed by atoms with van der Waals surface area (Å²) in [6.45, 7) is 5.45. The van der Waals surface area contributed by atoms with Crippen LogP contribution in [0.4, 0.5) is 0 Å². The van der Waals surface area contributed by atoms with Gasteiger partial charge in [0.1, 0.15) is 0 Å². The lowest BCUT2D eigenvalue weighted by molar-refractivity contribution is -0.135. The van der Waals surface area contributed by atoms with Crippen LogP contribution in [0.25, 0.3) is 0 Å². The number of carboxylic acids is 1. The Morgan fingerprint density at radius 2 is 1.72 bits per heavy atom. The van der Waals surface area contributed by atoms with Gasteiger partial charge in [0.05, 0.1) is 0 Å². The molecule has 0 spiro atoms. The van der Waals surface area contributed by atoms with E-state index in [-0.39, 0.29) is 17.5 Å². The van der Waals surface area contributed by atoms with Crippen molar-refractivity contribution in [1.29, 1.82) is 0 Å². The topological polar surface area (TPSA) is 71.4 Å². The van der Waals surface area contributed by atoms with Gasteiger partial charge in [-0.1, -0.05) is 26.2 Å². The minimum atomic E-state index is -1.10. The van der Waals surface area contributed by atoms with Crippen molar-refractivity contribution in [3.8, 4) is 23.7 Å². The average Bonchev–Trinajstić information content (AvgIpc) is 2.56. The number of Topliss-reactive ketones (excluding diaryl/α,β-unsaturated/α-hetero) is 1. The molecule has 1 aliphatic rings. The molecule has 1 N–H and O–H groups in total. The molecule has 0 amide bonds. The third-order valence-electron chi connectivity index (χ3n) is 4.82. The second-order valence-corrected chi connectivity index (χ2v) is 6.72. The molecule has 1 rings (SSSR count). The fourth-order valence-corrected chi connectivity index (χ4v) is 2.90. The molecule has 0 aliphatic heterocycles. The largest absolute Gasteiger partial charge is 0.472 e. The second kappa shape index (κ2) is 9.84. The molecule has 134 valence electrons. The van der Waals surface area contributed by atoms with E-state index in [1.807, 2.05) is 13.8 Å². The Morgan fingerprint density at radius 1 is 1.12 bits per heavy atom. The molecule has 4 nitrogen and oxygen atoms in total. The summed E-state index contributed by atoms with van der Waals surface area (Å²) >= 11 is 0. The molecule has 0 heterocycles. The van der Waals surface area contributed by atoms with Crippen LogP contribution in [0.5, 0.6) is 0 Å². The smallest absolute Gasteiger partial charge is 0.381 e. The molecule has 0 aromatic rings. The van der Waals surface area contributed by atoms with Gasteiger partial charge in [-0.15, -0.1) is 11.8 Å². The number of unbranched alkanes of at least 4 members (excludes halogenated alkanes) is 4. The molecular formula is C21H26O4. The van der Waals surface area contributed by atoms with Crippen LogP contribution in [0.2, 0.25) is 0 Å². The molecule has 0 fully saturated rings. The highest BCUT2D eigenvalue weighted by molar-refractivity contribution is 6.11. The van der Waals surface area contributed by atoms with Crippen molar-refractivity contribution in [2.45, 2.75) is 65.7 Å². The number of hydrogen-bond acceptors (Lipinski definition) is 3. The van der Waals surface area contributed by atoms with Gasteiger partial charge >= 0.3 is 5.97 Å². The van der Waals surface area contributed by atoms with Gasteiger partial charge in [-0.25, -0.2) is 4.79 Å². The third-order valence-corrected chi connectivity index (χ3v) is 4.82. The van der Waals surface area contributed by atoms with E-state index in [9.17, 15) is 14.4 Å². The summed E-state index contributed by atoms with van der Waals surface area (Å²) in [7, 11) is 0. The van der Waals surface area contributed by atoms with Crippen molar-refractivity contribution in [3.05, 3.63) is 11.6 Å². The summed E-state index contributed by atoms with van der Waals surface area (Å²) in [5.74, 6) is 9.57. The van der Waals surface area contributed by atoms with Crippen molar-refractivity contribution in [3.63, 3.8) is 0 Å². The molecule has 1 aliphatic carbocycles. The van der Waals surface area contributed by atoms with Gasteiger partial charge in [-0.2, -0.15) is 0 Å². The average molecular weight is 342 g/mol. The van der Waals surface area contributed by atoms with E-state index in [0.29, 0.717) is 24.8 Å². The number of carbonyl (C=O) groups is 3. The number of allylic oxidation sites excluding steroid dienone is 2.